The quantitative estimate of drug-likeness (QED) is 0.622. The van der Waals surface area contributed by atoms with Gasteiger partial charge in [0.15, 0.2) is 0 Å². The summed E-state index contributed by atoms with van der Waals surface area (Å²) in [6.45, 7) is 4.30. The van der Waals surface area contributed by atoms with Crippen molar-refractivity contribution in [2.45, 2.75) is 37.2 Å². The van der Waals surface area contributed by atoms with E-state index in [1.165, 1.54) is 31.6 Å². The van der Waals surface area contributed by atoms with Gasteiger partial charge in [-0.15, -0.1) is 11.8 Å². The summed E-state index contributed by atoms with van der Waals surface area (Å²) in [4.78, 5) is 0.371. The van der Waals surface area contributed by atoms with Crippen molar-refractivity contribution in [2.24, 2.45) is 0 Å². The van der Waals surface area contributed by atoms with Gasteiger partial charge in [0.05, 0.1) is 11.0 Å². The summed E-state index contributed by atoms with van der Waals surface area (Å²) in [5.74, 6) is 1.32. The molecule has 2 atom stereocenters. The van der Waals surface area contributed by atoms with E-state index in [2.05, 4.69) is 24.0 Å². The molecule has 0 aromatic carbocycles. The third kappa shape index (κ3) is 1.78. The first-order chi connectivity index (χ1) is 5.81. The fraction of sp³-hybridized carbons (Fsp3) is 1.00. The zero-order chi connectivity index (χ0) is 8.44. The van der Waals surface area contributed by atoms with Crippen molar-refractivity contribution in [2.75, 3.05) is 18.9 Å². The first-order valence-electron chi connectivity index (χ1n) is 4.81. The van der Waals surface area contributed by atoms with Crippen LogP contribution in [0.2, 0.25) is 0 Å². The van der Waals surface area contributed by atoms with Crippen molar-refractivity contribution in [3.8, 4) is 0 Å². The van der Waals surface area contributed by atoms with Crippen molar-refractivity contribution < 1.29 is 4.74 Å². The maximum absolute atomic E-state index is 5.55. The molecule has 0 bridgehead atoms. The number of ether oxygens (including phenoxy) is 1. The lowest BCUT2D eigenvalue weighted by Gasteiger charge is -2.42. The Bertz CT molecular complexity index is 151. The lowest BCUT2D eigenvalue weighted by Crippen LogP contribution is -2.51. The smallest absolute Gasteiger partial charge is 0.0691 e. The van der Waals surface area contributed by atoms with Gasteiger partial charge in [-0.3, -0.25) is 0 Å². The Morgan fingerprint density at radius 3 is 3.17 bits per heavy atom. The van der Waals surface area contributed by atoms with Crippen molar-refractivity contribution in [1.29, 1.82) is 0 Å². The maximum atomic E-state index is 5.55. The molecule has 0 aliphatic carbocycles. The van der Waals surface area contributed by atoms with Gasteiger partial charge in [-0.2, -0.15) is 0 Å². The molecule has 0 saturated carbocycles. The average molecular weight is 187 g/mol. The Hall–Kier alpha value is 0.270. The van der Waals surface area contributed by atoms with Gasteiger partial charge in [-0.25, -0.2) is 0 Å². The van der Waals surface area contributed by atoms with E-state index in [9.17, 15) is 0 Å². The van der Waals surface area contributed by atoms with Gasteiger partial charge >= 0.3 is 0 Å². The molecule has 12 heavy (non-hydrogen) atoms. The van der Waals surface area contributed by atoms with E-state index in [1.54, 1.807) is 0 Å². The lowest BCUT2D eigenvalue weighted by molar-refractivity contribution is 0.00489. The molecular formula is C9H17NOS. The molecule has 2 rings (SSSR count). The summed E-state index contributed by atoms with van der Waals surface area (Å²) in [6.07, 6.45) is 4.12. The van der Waals surface area contributed by atoms with E-state index in [0.717, 1.165) is 6.61 Å². The second-order valence-corrected chi connectivity index (χ2v) is 5.24. The minimum Gasteiger partial charge on any atom is -0.378 e. The molecular weight excluding hydrogens is 170 g/mol. The van der Waals surface area contributed by atoms with Crippen LogP contribution < -0.4 is 5.32 Å². The number of hydrogen-bond donors (Lipinski definition) is 1. The summed E-state index contributed by atoms with van der Waals surface area (Å²) < 4.78 is 5.55. The van der Waals surface area contributed by atoms with Crippen LogP contribution in [0.5, 0.6) is 0 Å². The number of rotatable bonds is 0. The predicted molar refractivity (Wildman–Crippen MR) is 52.5 cm³/mol. The summed E-state index contributed by atoms with van der Waals surface area (Å²) in [5.41, 5.74) is 0. The lowest BCUT2D eigenvalue weighted by atomic mass is 10.0. The largest absolute Gasteiger partial charge is 0.378 e. The van der Waals surface area contributed by atoms with Crippen LogP contribution in [0.3, 0.4) is 0 Å². The van der Waals surface area contributed by atoms with Gasteiger partial charge in [0, 0.05) is 13.0 Å². The molecule has 2 nitrogen and oxygen atoms in total. The first-order valence-corrected chi connectivity index (χ1v) is 5.80. The molecule has 2 heterocycles. The second kappa shape index (κ2) is 3.56. The van der Waals surface area contributed by atoms with E-state index < -0.39 is 0 Å². The topological polar surface area (TPSA) is 21.3 Å². The van der Waals surface area contributed by atoms with Crippen LogP contribution in [-0.2, 0) is 4.74 Å². The van der Waals surface area contributed by atoms with Gasteiger partial charge in [-0.1, -0.05) is 0 Å². The highest BCUT2D eigenvalue weighted by atomic mass is 32.2. The second-order valence-electron chi connectivity index (χ2n) is 3.76. The molecule has 0 radical (unpaired) electrons. The molecule has 1 N–H and O–H groups in total. The molecule has 2 aliphatic rings. The van der Waals surface area contributed by atoms with Crippen LogP contribution in [0, 0.1) is 0 Å². The van der Waals surface area contributed by atoms with Crippen LogP contribution in [0.15, 0.2) is 0 Å². The monoisotopic (exact) mass is 187 g/mol. The van der Waals surface area contributed by atoms with Crippen molar-refractivity contribution in [1.82, 2.24) is 5.32 Å². The third-order valence-electron chi connectivity index (χ3n) is 2.67. The summed E-state index contributed by atoms with van der Waals surface area (Å²) >= 11 is 2.10. The Balaban J connectivity index is 1.97. The van der Waals surface area contributed by atoms with Gasteiger partial charge < -0.3 is 10.1 Å². The molecule has 2 fully saturated rings. The molecule has 1 spiro atoms. The standard InChI is InChI=1S/C9H17NOS/c1-8-7-9(3-5-11-8)10-4-2-6-12-9/h8,10H,2-7H2,1H3. The minimum atomic E-state index is 0.371. The van der Waals surface area contributed by atoms with E-state index in [4.69, 9.17) is 4.74 Å². The summed E-state index contributed by atoms with van der Waals surface area (Å²) in [6, 6.07) is 0. The van der Waals surface area contributed by atoms with E-state index >= 15 is 0 Å². The SMILES string of the molecule is CC1CC2(CCO1)NCCCS2. The molecule has 2 unspecified atom stereocenters. The fourth-order valence-electron chi connectivity index (χ4n) is 2.05. The minimum absolute atomic E-state index is 0.371. The number of thioether (sulfide) groups is 1. The molecule has 0 amide bonds. The Kier molecular flexibility index (Phi) is 2.63. The summed E-state index contributed by atoms with van der Waals surface area (Å²) in [5, 5.41) is 3.65. The molecule has 3 heteroatoms. The van der Waals surface area contributed by atoms with Crippen LogP contribution in [0.4, 0.5) is 0 Å². The Morgan fingerprint density at radius 1 is 1.58 bits per heavy atom. The van der Waals surface area contributed by atoms with E-state index in [0.29, 0.717) is 11.0 Å². The highest BCUT2D eigenvalue weighted by Crippen LogP contribution is 2.37. The van der Waals surface area contributed by atoms with Gasteiger partial charge in [0.2, 0.25) is 0 Å². The zero-order valence-electron chi connectivity index (χ0n) is 7.64. The molecule has 2 saturated heterocycles. The van der Waals surface area contributed by atoms with Crippen molar-refractivity contribution in [3.05, 3.63) is 0 Å². The highest BCUT2D eigenvalue weighted by Gasteiger charge is 2.36. The summed E-state index contributed by atoms with van der Waals surface area (Å²) in [7, 11) is 0. The molecule has 0 aromatic rings. The Labute approximate surface area is 78.4 Å². The van der Waals surface area contributed by atoms with Crippen LogP contribution in [0.25, 0.3) is 0 Å². The predicted octanol–water partition coefficient (Wildman–Crippen LogP) is 1.61. The zero-order valence-corrected chi connectivity index (χ0v) is 8.45. The number of hydrogen-bond acceptors (Lipinski definition) is 3. The molecule has 2 aliphatic heterocycles. The number of nitrogens with one attached hydrogen (secondary N) is 1. The highest BCUT2D eigenvalue weighted by molar-refractivity contribution is 8.00. The average Bonchev–Trinajstić information content (AvgIpc) is 2.05. The van der Waals surface area contributed by atoms with Crippen LogP contribution >= 0.6 is 11.8 Å². The molecule has 70 valence electrons. The van der Waals surface area contributed by atoms with Gasteiger partial charge in [-0.05, 0) is 32.1 Å². The van der Waals surface area contributed by atoms with Crippen LogP contribution in [-0.4, -0.2) is 29.9 Å². The van der Waals surface area contributed by atoms with Crippen molar-refractivity contribution >= 4 is 11.8 Å². The molecule has 0 aromatic heterocycles. The Morgan fingerprint density at radius 2 is 2.50 bits per heavy atom. The third-order valence-corrected chi connectivity index (χ3v) is 4.23. The van der Waals surface area contributed by atoms with Crippen LogP contribution in [0.1, 0.15) is 26.2 Å². The normalized spacial score (nSPS) is 43.2. The van der Waals surface area contributed by atoms with Gasteiger partial charge in [0.1, 0.15) is 0 Å². The van der Waals surface area contributed by atoms with Crippen molar-refractivity contribution in [3.63, 3.8) is 0 Å². The van der Waals surface area contributed by atoms with Gasteiger partial charge in [0.25, 0.3) is 0 Å². The van der Waals surface area contributed by atoms with E-state index in [1.807, 2.05) is 0 Å². The maximum Gasteiger partial charge on any atom is 0.0691 e. The fourth-order valence-corrected chi connectivity index (χ4v) is 3.51. The first kappa shape index (κ1) is 8.85. The van der Waals surface area contributed by atoms with E-state index in [-0.39, 0.29) is 0 Å².